The Balaban J connectivity index is 1.51. The van der Waals surface area contributed by atoms with Gasteiger partial charge in [-0.05, 0) is 25.3 Å². The van der Waals surface area contributed by atoms with Crippen LogP contribution in [0.2, 0.25) is 0 Å². The lowest BCUT2D eigenvalue weighted by molar-refractivity contribution is -0.129. The van der Waals surface area contributed by atoms with Gasteiger partial charge in [-0.25, -0.2) is 0 Å². The van der Waals surface area contributed by atoms with Crippen molar-refractivity contribution in [3.8, 4) is 0 Å². The molecule has 0 aromatic heterocycles. The topological polar surface area (TPSA) is 87.7 Å². The summed E-state index contributed by atoms with van der Waals surface area (Å²) < 4.78 is 5.79. The second kappa shape index (κ2) is 8.47. The zero-order chi connectivity index (χ0) is 18.5. The van der Waals surface area contributed by atoms with E-state index in [-0.39, 0.29) is 42.8 Å². The Bertz CT molecular complexity index is 657. The molecule has 3 N–H and O–H groups in total. The monoisotopic (exact) mass is 358 g/mol. The van der Waals surface area contributed by atoms with Crippen molar-refractivity contribution in [2.45, 2.75) is 50.5 Å². The molecule has 6 heteroatoms. The van der Waals surface area contributed by atoms with Gasteiger partial charge in [-0.2, -0.15) is 0 Å². The average Bonchev–Trinajstić information content (AvgIpc) is 3.48. The number of amides is 2. The molecule has 0 bridgehead atoms. The molecule has 6 nitrogen and oxygen atoms in total. The molecule has 2 aliphatic rings. The Morgan fingerprint density at radius 1 is 1.23 bits per heavy atom. The van der Waals surface area contributed by atoms with Gasteiger partial charge in [0, 0.05) is 5.92 Å². The first-order chi connectivity index (χ1) is 12.6. The number of hydrogen-bond acceptors (Lipinski definition) is 4. The molecular weight excluding hydrogens is 332 g/mol. The summed E-state index contributed by atoms with van der Waals surface area (Å²) in [6.45, 7) is 1.73. The zero-order valence-electron chi connectivity index (χ0n) is 14.9. The predicted octanol–water partition coefficient (Wildman–Crippen LogP) is 1.46. The van der Waals surface area contributed by atoms with Crippen molar-refractivity contribution in [2.24, 2.45) is 5.92 Å². The Kier molecular flexibility index (Phi) is 6.06. The fraction of sp³-hybridized carbons (Fsp3) is 0.500. The first-order valence-electron chi connectivity index (χ1n) is 9.16. The van der Waals surface area contributed by atoms with E-state index >= 15 is 0 Å². The zero-order valence-corrected chi connectivity index (χ0v) is 14.9. The summed E-state index contributed by atoms with van der Waals surface area (Å²) in [5, 5.41) is 15.4. The molecule has 4 atom stereocenters. The third kappa shape index (κ3) is 4.93. The maximum Gasteiger partial charge on any atom is 0.223 e. The molecule has 1 heterocycles. The standard InChI is InChI=1S/C20H26N2O4/c1-13(14-5-3-2-4-6-14)21-19(24)11-16-9-10-17(18(12-23)26-16)22-20(25)15-7-8-15/h2-6,9-10,13,15-18,23H,7-8,11-12H2,1H3,(H,21,24)(H,22,25)/t13-,16-,17-,18+/m0/s1. The summed E-state index contributed by atoms with van der Waals surface area (Å²) in [4.78, 5) is 24.2. The molecule has 2 amide bonds. The van der Waals surface area contributed by atoms with Crippen LogP contribution in [0.4, 0.5) is 0 Å². The molecule has 0 unspecified atom stereocenters. The van der Waals surface area contributed by atoms with Gasteiger partial charge in [0.25, 0.3) is 0 Å². The summed E-state index contributed by atoms with van der Waals surface area (Å²) in [6.07, 6.45) is 4.69. The summed E-state index contributed by atoms with van der Waals surface area (Å²) in [6, 6.07) is 9.31. The van der Waals surface area contributed by atoms with Crippen LogP contribution in [0.5, 0.6) is 0 Å². The lowest BCUT2D eigenvalue weighted by Crippen LogP contribution is -2.49. The van der Waals surface area contributed by atoms with Gasteiger partial charge >= 0.3 is 0 Å². The van der Waals surface area contributed by atoms with E-state index in [4.69, 9.17) is 4.74 Å². The highest BCUT2D eigenvalue weighted by Crippen LogP contribution is 2.29. The van der Waals surface area contributed by atoms with Crippen LogP contribution >= 0.6 is 0 Å². The second-order valence-corrected chi connectivity index (χ2v) is 6.99. The lowest BCUT2D eigenvalue weighted by atomic mass is 10.0. The minimum absolute atomic E-state index is 0.00887. The number of benzene rings is 1. The predicted molar refractivity (Wildman–Crippen MR) is 97.2 cm³/mol. The number of aliphatic hydroxyl groups is 1. The van der Waals surface area contributed by atoms with Crippen molar-refractivity contribution < 1.29 is 19.4 Å². The van der Waals surface area contributed by atoms with Crippen molar-refractivity contribution in [1.29, 1.82) is 0 Å². The summed E-state index contributed by atoms with van der Waals surface area (Å²) in [5.74, 6) is -0.00606. The Morgan fingerprint density at radius 3 is 2.62 bits per heavy atom. The summed E-state index contributed by atoms with van der Waals surface area (Å²) in [7, 11) is 0. The van der Waals surface area contributed by atoms with Crippen LogP contribution in [0.25, 0.3) is 0 Å². The first kappa shape index (κ1) is 18.6. The van der Waals surface area contributed by atoms with E-state index in [1.807, 2.05) is 43.3 Å². The number of carbonyl (C=O) groups excluding carboxylic acids is 2. The number of hydrogen-bond donors (Lipinski definition) is 3. The highest BCUT2D eigenvalue weighted by Gasteiger charge is 2.34. The fourth-order valence-corrected chi connectivity index (χ4v) is 3.07. The SMILES string of the molecule is C[C@H](NC(=O)C[C@@H]1C=C[C@H](NC(=O)C2CC2)[C@@H](CO)O1)c1ccccc1. The van der Waals surface area contributed by atoms with E-state index in [1.165, 1.54) is 0 Å². The highest BCUT2D eigenvalue weighted by atomic mass is 16.5. The molecule has 1 fully saturated rings. The molecule has 140 valence electrons. The molecule has 0 radical (unpaired) electrons. The largest absolute Gasteiger partial charge is 0.394 e. The van der Waals surface area contributed by atoms with Crippen LogP contribution in [0, 0.1) is 5.92 Å². The molecule has 1 aromatic carbocycles. The quantitative estimate of drug-likeness (QED) is 0.644. The van der Waals surface area contributed by atoms with Gasteiger partial charge in [-0.15, -0.1) is 0 Å². The van der Waals surface area contributed by atoms with Gasteiger partial charge in [0.15, 0.2) is 0 Å². The molecule has 1 aliphatic carbocycles. The maximum absolute atomic E-state index is 12.3. The molecule has 26 heavy (non-hydrogen) atoms. The van der Waals surface area contributed by atoms with E-state index in [2.05, 4.69) is 10.6 Å². The average molecular weight is 358 g/mol. The summed E-state index contributed by atoms with van der Waals surface area (Å²) >= 11 is 0. The molecule has 3 rings (SSSR count). The number of aliphatic hydroxyl groups excluding tert-OH is 1. The number of rotatable bonds is 7. The Labute approximate surface area is 153 Å². The highest BCUT2D eigenvalue weighted by molar-refractivity contribution is 5.81. The molecule has 1 aromatic rings. The van der Waals surface area contributed by atoms with Crippen molar-refractivity contribution in [2.75, 3.05) is 6.61 Å². The Morgan fingerprint density at radius 2 is 1.96 bits per heavy atom. The number of ether oxygens (including phenoxy) is 1. The van der Waals surface area contributed by atoms with Gasteiger partial charge < -0.3 is 20.5 Å². The fourth-order valence-electron chi connectivity index (χ4n) is 3.07. The van der Waals surface area contributed by atoms with Crippen molar-refractivity contribution >= 4 is 11.8 Å². The van der Waals surface area contributed by atoms with Crippen LogP contribution < -0.4 is 10.6 Å². The van der Waals surface area contributed by atoms with Crippen LogP contribution in [-0.4, -0.2) is 41.8 Å². The third-order valence-corrected chi connectivity index (χ3v) is 4.78. The van der Waals surface area contributed by atoms with Crippen LogP contribution in [0.3, 0.4) is 0 Å². The normalized spacial score (nSPS) is 26.2. The molecule has 1 aliphatic heterocycles. The van der Waals surface area contributed by atoms with E-state index < -0.39 is 12.2 Å². The van der Waals surface area contributed by atoms with Crippen LogP contribution in [-0.2, 0) is 14.3 Å². The minimum atomic E-state index is -0.535. The smallest absolute Gasteiger partial charge is 0.223 e. The van der Waals surface area contributed by atoms with Crippen molar-refractivity contribution in [3.05, 3.63) is 48.0 Å². The van der Waals surface area contributed by atoms with Gasteiger partial charge in [0.1, 0.15) is 6.10 Å². The summed E-state index contributed by atoms with van der Waals surface area (Å²) in [5.41, 5.74) is 1.04. The molecule has 0 saturated heterocycles. The van der Waals surface area contributed by atoms with Crippen LogP contribution in [0.1, 0.15) is 37.8 Å². The van der Waals surface area contributed by atoms with E-state index in [0.29, 0.717) is 0 Å². The minimum Gasteiger partial charge on any atom is -0.394 e. The van der Waals surface area contributed by atoms with Gasteiger partial charge in [-0.3, -0.25) is 9.59 Å². The molecular formula is C20H26N2O4. The lowest BCUT2D eigenvalue weighted by Gasteiger charge is -2.32. The first-order valence-corrected chi connectivity index (χ1v) is 9.16. The van der Waals surface area contributed by atoms with Crippen molar-refractivity contribution in [1.82, 2.24) is 10.6 Å². The van der Waals surface area contributed by atoms with Gasteiger partial charge in [-0.1, -0.05) is 42.5 Å². The number of carbonyl (C=O) groups is 2. The van der Waals surface area contributed by atoms with E-state index in [0.717, 1.165) is 18.4 Å². The molecule has 0 spiro atoms. The van der Waals surface area contributed by atoms with Crippen molar-refractivity contribution in [3.63, 3.8) is 0 Å². The number of nitrogens with one attached hydrogen (secondary N) is 2. The van der Waals surface area contributed by atoms with Gasteiger partial charge in [0.05, 0.1) is 31.2 Å². The van der Waals surface area contributed by atoms with Gasteiger partial charge in [0.2, 0.25) is 11.8 Å². The van der Waals surface area contributed by atoms with E-state index in [1.54, 1.807) is 6.08 Å². The third-order valence-electron chi connectivity index (χ3n) is 4.78. The van der Waals surface area contributed by atoms with E-state index in [9.17, 15) is 14.7 Å². The Hall–Kier alpha value is -2.18. The molecule has 1 saturated carbocycles. The van der Waals surface area contributed by atoms with Crippen LogP contribution in [0.15, 0.2) is 42.5 Å². The second-order valence-electron chi connectivity index (χ2n) is 6.99. The maximum atomic E-state index is 12.3.